The first kappa shape index (κ1) is 18.8. The van der Waals surface area contributed by atoms with Gasteiger partial charge in [0.1, 0.15) is 12.4 Å². The van der Waals surface area contributed by atoms with Gasteiger partial charge in [-0.15, -0.1) is 0 Å². The Labute approximate surface area is 161 Å². The van der Waals surface area contributed by atoms with Gasteiger partial charge >= 0.3 is 5.97 Å². The van der Waals surface area contributed by atoms with Crippen molar-refractivity contribution in [2.24, 2.45) is 0 Å². The smallest absolute Gasteiger partial charge is 0.325 e. The largest absolute Gasteiger partial charge is 0.465 e. The minimum Gasteiger partial charge on any atom is -0.465 e. The van der Waals surface area contributed by atoms with Crippen LogP contribution in [0.2, 0.25) is 5.02 Å². The number of nitrogens with one attached hydrogen (secondary N) is 1. The number of carbonyl (C=O) groups is 1. The van der Waals surface area contributed by atoms with E-state index in [9.17, 15) is 9.18 Å². The molecule has 7 heteroatoms. The minimum atomic E-state index is -0.532. The van der Waals surface area contributed by atoms with E-state index >= 15 is 0 Å². The van der Waals surface area contributed by atoms with Crippen molar-refractivity contribution in [1.29, 1.82) is 0 Å². The maximum atomic E-state index is 13.9. The normalized spacial score (nSPS) is 10.5. The summed E-state index contributed by atoms with van der Waals surface area (Å²) in [7, 11) is 0. The molecule has 138 valence electrons. The topological polar surface area (TPSA) is 64.1 Å². The average Bonchev–Trinajstić information content (AvgIpc) is 2.69. The Bertz CT molecular complexity index is 951. The van der Waals surface area contributed by atoms with Crippen LogP contribution >= 0.6 is 11.6 Å². The molecule has 0 saturated heterocycles. The van der Waals surface area contributed by atoms with Crippen LogP contribution in [0.15, 0.2) is 54.6 Å². The van der Waals surface area contributed by atoms with Crippen LogP contribution in [-0.4, -0.2) is 29.1 Å². The number of ether oxygens (including phenoxy) is 1. The molecule has 2 aromatic carbocycles. The van der Waals surface area contributed by atoms with Crippen molar-refractivity contribution in [3.8, 4) is 22.5 Å². The highest BCUT2D eigenvalue weighted by Gasteiger charge is 2.11. The number of halogens is 2. The molecular weight excluding hydrogens is 369 g/mol. The van der Waals surface area contributed by atoms with Gasteiger partial charge in [-0.05, 0) is 25.1 Å². The Morgan fingerprint density at radius 3 is 2.44 bits per heavy atom. The molecule has 1 heterocycles. The van der Waals surface area contributed by atoms with E-state index in [0.717, 1.165) is 5.56 Å². The van der Waals surface area contributed by atoms with Crippen molar-refractivity contribution in [2.75, 3.05) is 18.5 Å². The van der Waals surface area contributed by atoms with Crippen molar-refractivity contribution < 1.29 is 13.9 Å². The molecule has 0 spiro atoms. The van der Waals surface area contributed by atoms with Crippen molar-refractivity contribution >= 4 is 23.5 Å². The SMILES string of the molecule is CCOC(=O)CNc1nc(-c2ccccc2)cc(-c2ccc(Cl)c(F)c2)n1. The molecule has 0 bridgehead atoms. The lowest BCUT2D eigenvalue weighted by molar-refractivity contribution is -0.140. The highest BCUT2D eigenvalue weighted by Crippen LogP contribution is 2.27. The molecule has 3 aromatic rings. The van der Waals surface area contributed by atoms with E-state index in [1.54, 1.807) is 19.1 Å². The number of rotatable bonds is 6. The van der Waals surface area contributed by atoms with E-state index in [0.29, 0.717) is 23.6 Å². The van der Waals surface area contributed by atoms with Crippen molar-refractivity contribution in [2.45, 2.75) is 6.92 Å². The summed E-state index contributed by atoms with van der Waals surface area (Å²) in [6, 6.07) is 15.7. The second-order valence-corrected chi connectivity index (χ2v) is 6.02. The zero-order valence-electron chi connectivity index (χ0n) is 14.6. The summed E-state index contributed by atoms with van der Waals surface area (Å²) in [5.41, 5.74) is 2.57. The molecule has 0 aliphatic heterocycles. The highest BCUT2D eigenvalue weighted by molar-refractivity contribution is 6.30. The predicted octanol–water partition coefficient (Wildman–Crippen LogP) is 4.58. The molecule has 5 nitrogen and oxygen atoms in total. The highest BCUT2D eigenvalue weighted by atomic mass is 35.5. The van der Waals surface area contributed by atoms with E-state index in [1.807, 2.05) is 30.3 Å². The van der Waals surface area contributed by atoms with Gasteiger partial charge < -0.3 is 10.1 Å². The molecular formula is C20H17ClFN3O2. The third-order valence-corrected chi connectivity index (χ3v) is 4.01. The number of hydrogen-bond donors (Lipinski definition) is 1. The summed E-state index contributed by atoms with van der Waals surface area (Å²) in [5.74, 6) is -0.699. The molecule has 0 atom stereocenters. The first-order chi connectivity index (χ1) is 13.1. The number of anilines is 1. The van der Waals surface area contributed by atoms with Gasteiger partial charge in [-0.2, -0.15) is 0 Å². The second-order valence-electron chi connectivity index (χ2n) is 5.62. The third kappa shape index (κ3) is 4.80. The molecule has 27 heavy (non-hydrogen) atoms. The Hall–Kier alpha value is -2.99. The maximum absolute atomic E-state index is 13.9. The van der Waals surface area contributed by atoms with Crippen LogP contribution in [0.1, 0.15) is 6.92 Å². The standard InChI is InChI=1S/C20H17ClFN3O2/c1-2-27-19(26)12-23-20-24-17(13-6-4-3-5-7-13)11-18(25-20)14-8-9-15(21)16(22)10-14/h3-11H,2,12H2,1H3,(H,23,24,25). The van der Waals surface area contributed by atoms with Gasteiger partial charge in [-0.25, -0.2) is 14.4 Å². The summed E-state index contributed by atoms with van der Waals surface area (Å²) in [5, 5.41) is 2.90. The fourth-order valence-electron chi connectivity index (χ4n) is 2.45. The lowest BCUT2D eigenvalue weighted by Gasteiger charge is -2.10. The number of nitrogens with zero attached hydrogens (tertiary/aromatic N) is 2. The Balaban J connectivity index is 2.00. The molecule has 1 aromatic heterocycles. The summed E-state index contributed by atoms with van der Waals surface area (Å²) < 4.78 is 18.8. The summed E-state index contributed by atoms with van der Waals surface area (Å²) in [6.07, 6.45) is 0. The first-order valence-corrected chi connectivity index (χ1v) is 8.74. The maximum Gasteiger partial charge on any atom is 0.325 e. The molecule has 0 saturated carbocycles. The molecule has 0 unspecified atom stereocenters. The minimum absolute atomic E-state index is 0.0387. The summed E-state index contributed by atoms with van der Waals surface area (Å²) in [4.78, 5) is 20.4. The Morgan fingerprint density at radius 1 is 1.07 bits per heavy atom. The van der Waals surface area contributed by atoms with Gasteiger partial charge in [0.15, 0.2) is 0 Å². The van der Waals surface area contributed by atoms with Gasteiger partial charge in [0.05, 0.1) is 23.0 Å². The monoisotopic (exact) mass is 385 g/mol. The summed E-state index contributed by atoms with van der Waals surface area (Å²) in [6.45, 7) is 1.96. The van der Waals surface area contributed by atoms with Crippen LogP contribution in [-0.2, 0) is 9.53 Å². The average molecular weight is 386 g/mol. The Morgan fingerprint density at radius 2 is 1.78 bits per heavy atom. The van der Waals surface area contributed by atoms with Crippen LogP contribution < -0.4 is 5.32 Å². The zero-order chi connectivity index (χ0) is 19.2. The fourth-order valence-corrected chi connectivity index (χ4v) is 2.57. The summed E-state index contributed by atoms with van der Waals surface area (Å²) >= 11 is 5.77. The Kier molecular flexibility index (Phi) is 5.98. The van der Waals surface area contributed by atoms with Crippen molar-refractivity contribution in [3.05, 3.63) is 65.4 Å². The van der Waals surface area contributed by atoms with Crippen LogP contribution in [0.4, 0.5) is 10.3 Å². The van der Waals surface area contributed by atoms with Gasteiger partial charge in [0.25, 0.3) is 0 Å². The molecule has 0 amide bonds. The van der Waals surface area contributed by atoms with E-state index in [-0.39, 0.29) is 17.5 Å². The van der Waals surface area contributed by atoms with Crippen LogP contribution in [0.3, 0.4) is 0 Å². The van der Waals surface area contributed by atoms with E-state index in [1.165, 1.54) is 12.1 Å². The van der Waals surface area contributed by atoms with Crippen molar-refractivity contribution in [3.63, 3.8) is 0 Å². The molecule has 0 aliphatic rings. The lowest BCUT2D eigenvalue weighted by atomic mass is 10.1. The predicted molar refractivity (Wildman–Crippen MR) is 103 cm³/mol. The number of aromatic nitrogens is 2. The number of benzene rings is 2. The lowest BCUT2D eigenvalue weighted by Crippen LogP contribution is -2.18. The first-order valence-electron chi connectivity index (χ1n) is 8.36. The fraction of sp³-hybridized carbons (Fsp3) is 0.150. The number of esters is 1. The van der Waals surface area contributed by atoms with Gasteiger partial charge in [0, 0.05) is 11.1 Å². The molecule has 0 aliphatic carbocycles. The molecule has 0 radical (unpaired) electrons. The van der Waals surface area contributed by atoms with Crippen LogP contribution in [0.5, 0.6) is 0 Å². The van der Waals surface area contributed by atoms with Crippen LogP contribution in [0.25, 0.3) is 22.5 Å². The quantitative estimate of drug-likeness (QED) is 0.629. The van der Waals surface area contributed by atoms with Gasteiger partial charge in [-0.1, -0.05) is 48.0 Å². The van der Waals surface area contributed by atoms with Gasteiger partial charge in [0.2, 0.25) is 5.95 Å². The third-order valence-electron chi connectivity index (χ3n) is 3.71. The van der Waals surface area contributed by atoms with E-state index < -0.39 is 11.8 Å². The van der Waals surface area contributed by atoms with Gasteiger partial charge in [-0.3, -0.25) is 4.79 Å². The molecule has 0 fully saturated rings. The van der Waals surface area contributed by atoms with E-state index in [4.69, 9.17) is 16.3 Å². The number of carbonyl (C=O) groups excluding carboxylic acids is 1. The van der Waals surface area contributed by atoms with Crippen molar-refractivity contribution in [1.82, 2.24) is 9.97 Å². The molecule has 1 N–H and O–H groups in total. The van der Waals surface area contributed by atoms with E-state index in [2.05, 4.69) is 15.3 Å². The second kappa shape index (κ2) is 8.60. The number of hydrogen-bond acceptors (Lipinski definition) is 5. The molecule has 3 rings (SSSR count). The van der Waals surface area contributed by atoms with Crippen LogP contribution in [0, 0.1) is 5.82 Å². The zero-order valence-corrected chi connectivity index (χ0v) is 15.3.